The van der Waals surface area contributed by atoms with Crippen LogP contribution in [0.3, 0.4) is 0 Å². The molecular formula is C23H21F4N3O3. The van der Waals surface area contributed by atoms with Crippen molar-refractivity contribution in [1.29, 1.82) is 0 Å². The van der Waals surface area contributed by atoms with Crippen LogP contribution in [0, 0.1) is 11.7 Å². The molecule has 0 aliphatic heterocycles. The molecule has 174 valence electrons. The van der Waals surface area contributed by atoms with E-state index in [1.165, 1.54) is 7.11 Å². The molecule has 1 amide bonds. The van der Waals surface area contributed by atoms with Gasteiger partial charge in [-0.25, -0.2) is 4.39 Å². The van der Waals surface area contributed by atoms with Gasteiger partial charge in [-0.2, -0.15) is 18.3 Å². The molecular weight excluding hydrogens is 442 g/mol. The van der Waals surface area contributed by atoms with Crippen LogP contribution in [-0.4, -0.2) is 29.1 Å². The predicted octanol–water partition coefficient (Wildman–Crippen LogP) is 5.39. The normalized spacial score (nSPS) is 18.8. The summed E-state index contributed by atoms with van der Waals surface area (Å²) < 4.78 is 59.9. The third-order valence-electron chi connectivity index (χ3n) is 5.93. The summed E-state index contributed by atoms with van der Waals surface area (Å²) in [5.41, 5.74) is -0.728. The number of fused-ring (bicyclic) bond motifs is 1. The fourth-order valence-corrected chi connectivity index (χ4v) is 4.19. The number of hydrogen-bond acceptors (Lipinski definition) is 4. The third kappa shape index (κ3) is 4.69. The number of anilines is 1. The van der Waals surface area contributed by atoms with E-state index in [-0.39, 0.29) is 23.4 Å². The molecule has 1 fully saturated rings. The summed E-state index contributed by atoms with van der Waals surface area (Å²) in [6, 6.07) is 5.09. The van der Waals surface area contributed by atoms with Gasteiger partial charge in [-0.3, -0.25) is 9.48 Å². The van der Waals surface area contributed by atoms with Gasteiger partial charge < -0.3 is 14.8 Å². The Kier molecular flexibility index (Phi) is 6.09. The number of nitrogens with zero attached hydrogens (tertiary/aromatic N) is 2. The van der Waals surface area contributed by atoms with E-state index in [1.807, 2.05) is 4.68 Å². The summed E-state index contributed by atoms with van der Waals surface area (Å²) in [6.45, 7) is 0. The van der Waals surface area contributed by atoms with E-state index in [9.17, 15) is 27.2 Å². The highest BCUT2D eigenvalue weighted by Gasteiger charge is 2.32. The Morgan fingerprint density at radius 3 is 2.52 bits per heavy atom. The number of methoxy groups -OCH3 is 1. The number of nitrogens with one attached hydrogen (secondary N) is 1. The first kappa shape index (κ1) is 22.8. The van der Waals surface area contributed by atoms with Crippen molar-refractivity contribution in [2.75, 3.05) is 12.4 Å². The number of rotatable bonds is 5. The van der Waals surface area contributed by atoms with Crippen LogP contribution in [0.5, 0.6) is 5.75 Å². The van der Waals surface area contributed by atoms with Crippen molar-refractivity contribution in [3.8, 4) is 5.75 Å². The minimum absolute atomic E-state index is 0.0695. The molecule has 1 saturated carbocycles. The minimum Gasteiger partial charge on any atom is -0.494 e. The zero-order valence-electron chi connectivity index (χ0n) is 17.7. The minimum atomic E-state index is -4.78. The number of benzene rings is 2. The molecule has 0 atom stereocenters. The maximum Gasteiger partial charge on any atom is 0.416 e. The lowest BCUT2D eigenvalue weighted by Gasteiger charge is -2.26. The maximum absolute atomic E-state index is 13.7. The first-order valence-corrected chi connectivity index (χ1v) is 10.4. The number of alkyl halides is 3. The van der Waals surface area contributed by atoms with Gasteiger partial charge in [-0.15, -0.1) is 0 Å². The van der Waals surface area contributed by atoms with Gasteiger partial charge in [0.05, 0.1) is 36.1 Å². The van der Waals surface area contributed by atoms with Crippen molar-refractivity contribution in [3.63, 3.8) is 0 Å². The molecule has 3 aromatic rings. The van der Waals surface area contributed by atoms with Crippen molar-refractivity contribution in [2.45, 2.75) is 37.9 Å². The lowest BCUT2D eigenvalue weighted by Crippen LogP contribution is -2.19. The largest absolute Gasteiger partial charge is 0.494 e. The fourth-order valence-electron chi connectivity index (χ4n) is 4.19. The van der Waals surface area contributed by atoms with E-state index in [1.54, 1.807) is 18.3 Å². The number of aromatic nitrogens is 2. The number of halogens is 4. The fraction of sp³-hybridized carbons (Fsp3) is 0.348. The van der Waals surface area contributed by atoms with Gasteiger partial charge >= 0.3 is 6.18 Å². The van der Waals surface area contributed by atoms with Gasteiger partial charge in [0.25, 0.3) is 5.91 Å². The molecule has 1 heterocycles. The van der Waals surface area contributed by atoms with Gasteiger partial charge in [-0.1, -0.05) is 0 Å². The van der Waals surface area contributed by atoms with Crippen molar-refractivity contribution >= 4 is 28.8 Å². The highest BCUT2D eigenvalue weighted by molar-refractivity contribution is 6.06. The molecule has 0 bridgehead atoms. The number of amides is 1. The molecule has 2 aromatic carbocycles. The van der Waals surface area contributed by atoms with E-state index in [4.69, 9.17) is 4.74 Å². The average Bonchev–Trinajstić information content (AvgIpc) is 3.20. The summed E-state index contributed by atoms with van der Waals surface area (Å²) in [5.74, 6) is -1.72. The smallest absolute Gasteiger partial charge is 0.416 e. The van der Waals surface area contributed by atoms with E-state index in [0.717, 1.165) is 43.6 Å². The molecule has 6 nitrogen and oxygen atoms in total. The molecule has 1 aliphatic rings. The van der Waals surface area contributed by atoms with Crippen molar-refractivity contribution < 1.29 is 31.9 Å². The molecule has 0 radical (unpaired) electrons. The quantitative estimate of drug-likeness (QED) is 0.407. The summed E-state index contributed by atoms with van der Waals surface area (Å²) >= 11 is 0. The number of carbonyl (C=O) groups excluding carboxylic acids is 2. The Bertz CT molecular complexity index is 1200. The second-order valence-corrected chi connectivity index (χ2v) is 8.09. The summed E-state index contributed by atoms with van der Waals surface area (Å²) in [4.78, 5) is 23.6. The Labute approximate surface area is 186 Å². The summed E-state index contributed by atoms with van der Waals surface area (Å²) in [5, 5.41) is 7.66. The van der Waals surface area contributed by atoms with Crippen LogP contribution < -0.4 is 10.1 Å². The SMILES string of the molecule is COc1cc2c(cnn2C2CCC(C=O)CC2)cc1NC(=O)c1cc(F)cc(C(F)(F)F)c1. The topological polar surface area (TPSA) is 73.2 Å². The van der Waals surface area contributed by atoms with Crippen LogP contribution >= 0.6 is 0 Å². The average molecular weight is 463 g/mol. The molecule has 4 rings (SSSR count). The van der Waals surface area contributed by atoms with E-state index < -0.39 is 29.0 Å². The van der Waals surface area contributed by atoms with Crippen molar-refractivity contribution in [2.24, 2.45) is 5.92 Å². The maximum atomic E-state index is 13.7. The van der Waals surface area contributed by atoms with Gasteiger partial charge in [-0.05, 0) is 49.9 Å². The lowest BCUT2D eigenvalue weighted by molar-refractivity contribution is -0.137. The molecule has 0 saturated heterocycles. The van der Waals surface area contributed by atoms with Gasteiger partial charge in [0.15, 0.2) is 0 Å². The summed E-state index contributed by atoms with van der Waals surface area (Å²) in [6.07, 6.45) is 1.02. The zero-order chi connectivity index (χ0) is 23.8. The number of aldehydes is 1. The zero-order valence-corrected chi connectivity index (χ0v) is 17.7. The van der Waals surface area contributed by atoms with Crippen LogP contribution in [0.25, 0.3) is 10.9 Å². The molecule has 1 aliphatic carbocycles. The molecule has 33 heavy (non-hydrogen) atoms. The number of hydrogen-bond donors (Lipinski definition) is 1. The Hall–Kier alpha value is -3.43. The van der Waals surface area contributed by atoms with Crippen LogP contribution in [0.2, 0.25) is 0 Å². The Balaban J connectivity index is 1.62. The monoisotopic (exact) mass is 463 g/mol. The van der Waals surface area contributed by atoms with Crippen LogP contribution in [0.1, 0.15) is 47.6 Å². The highest BCUT2D eigenvalue weighted by atomic mass is 19.4. The standard InChI is InChI=1S/C23H21F4N3O3/c1-33-21-10-20-15(11-28-30(20)18-4-2-13(12-31)3-5-18)8-19(21)29-22(32)14-6-16(23(25,26)27)9-17(24)7-14/h6-13,18H,2-5H2,1H3,(H,29,32). The second-order valence-electron chi connectivity index (χ2n) is 8.09. The van der Waals surface area contributed by atoms with Crippen LogP contribution in [-0.2, 0) is 11.0 Å². The molecule has 0 spiro atoms. The molecule has 0 unspecified atom stereocenters. The Morgan fingerprint density at radius 2 is 1.88 bits per heavy atom. The van der Waals surface area contributed by atoms with E-state index >= 15 is 0 Å². The van der Waals surface area contributed by atoms with Gasteiger partial charge in [0.1, 0.15) is 17.9 Å². The number of carbonyl (C=O) groups is 2. The van der Waals surface area contributed by atoms with Crippen LogP contribution in [0.4, 0.5) is 23.2 Å². The third-order valence-corrected chi connectivity index (χ3v) is 5.93. The summed E-state index contributed by atoms with van der Waals surface area (Å²) in [7, 11) is 1.40. The first-order chi connectivity index (χ1) is 15.7. The van der Waals surface area contributed by atoms with Crippen LogP contribution in [0.15, 0.2) is 36.5 Å². The van der Waals surface area contributed by atoms with Crippen molar-refractivity contribution in [3.05, 3.63) is 53.5 Å². The first-order valence-electron chi connectivity index (χ1n) is 10.4. The van der Waals surface area contributed by atoms with E-state index in [0.29, 0.717) is 17.5 Å². The lowest BCUT2D eigenvalue weighted by atomic mass is 9.87. The molecule has 1 aromatic heterocycles. The predicted molar refractivity (Wildman–Crippen MR) is 113 cm³/mol. The molecule has 10 heteroatoms. The van der Waals surface area contributed by atoms with Gasteiger partial charge in [0, 0.05) is 22.9 Å². The number of ether oxygens (including phenoxy) is 1. The molecule has 1 N–H and O–H groups in total. The van der Waals surface area contributed by atoms with E-state index in [2.05, 4.69) is 10.4 Å². The highest BCUT2D eigenvalue weighted by Crippen LogP contribution is 2.36. The second kappa shape index (κ2) is 8.84. The Morgan fingerprint density at radius 1 is 1.15 bits per heavy atom. The van der Waals surface area contributed by atoms with Crippen molar-refractivity contribution in [1.82, 2.24) is 9.78 Å². The van der Waals surface area contributed by atoms with Gasteiger partial charge in [0.2, 0.25) is 0 Å².